The van der Waals surface area contributed by atoms with Crippen LogP contribution in [0.2, 0.25) is 0 Å². The van der Waals surface area contributed by atoms with Gasteiger partial charge in [-0.3, -0.25) is 21.0 Å². The van der Waals surface area contributed by atoms with Gasteiger partial charge in [-0.1, -0.05) is 0 Å². The van der Waals surface area contributed by atoms with Crippen molar-refractivity contribution < 1.29 is 144 Å². The SMILES string of the molecule is O=C([O-])O[O-].OO.OO.[K+].[K+]. The molecule has 0 rings (SSSR count). The van der Waals surface area contributed by atoms with E-state index in [0.29, 0.717) is 0 Å². The Morgan fingerprint density at radius 2 is 1.18 bits per heavy atom. The van der Waals surface area contributed by atoms with Crippen molar-refractivity contribution in [1.29, 1.82) is 0 Å². The number of carbonyl (C=O) groups is 1. The summed E-state index contributed by atoms with van der Waals surface area (Å²) in [5.74, 6) is 0. The van der Waals surface area contributed by atoms with Gasteiger partial charge >= 0.3 is 103 Å². The normalized spacial score (nSPS) is 4.09. The zero-order valence-corrected chi connectivity index (χ0v) is 12.2. The molecule has 0 saturated heterocycles. The van der Waals surface area contributed by atoms with Crippen LogP contribution < -0.4 is 113 Å². The molecular formula is CH4K2O8. The minimum atomic E-state index is -2.05. The molecule has 0 aliphatic rings. The van der Waals surface area contributed by atoms with Crippen LogP contribution in [0.1, 0.15) is 0 Å². The van der Waals surface area contributed by atoms with E-state index >= 15 is 0 Å². The maximum Gasteiger partial charge on any atom is 1.00 e. The van der Waals surface area contributed by atoms with Crippen LogP contribution in [0, 0.1) is 0 Å². The molecule has 0 aliphatic carbocycles. The first-order valence-corrected chi connectivity index (χ1v) is 1.18. The summed E-state index contributed by atoms with van der Waals surface area (Å²) in [7, 11) is 0. The Labute approximate surface area is 146 Å². The van der Waals surface area contributed by atoms with Crippen molar-refractivity contribution >= 4 is 6.16 Å². The standard InChI is InChI=1S/CH2O4.2K.2H2O2/c2-1(3)5-4;;;2*1-2/h4H,(H,2,3);;;2*1-2H/q;2*+1;;/p-2. The van der Waals surface area contributed by atoms with Gasteiger partial charge in [0.1, 0.15) is 0 Å². The van der Waals surface area contributed by atoms with Gasteiger partial charge in [0.05, 0.1) is 0 Å². The summed E-state index contributed by atoms with van der Waals surface area (Å²) < 4.78 is 0. The molecule has 0 aliphatic heterocycles. The van der Waals surface area contributed by atoms with E-state index in [9.17, 15) is 0 Å². The van der Waals surface area contributed by atoms with Crippen molar-refractivity contribution in [2.75, 3.05) is 0 Å². The molecule has 0 heterocycles. The van der Waals surface area contributed by atoms with Gasteiger partial charge in [0.15, 0.2) is 0 Å². The van der Waals surface area contributed by atoms with Crippen LogP contribution in [0.15, 0.2) is 0 Å². The first-order chi connectivity index (χ1) is 4.27. The second kappa shape index (κ2) is 39.5. The van der Waals surface area contributed by atoms with E-state index in [1.807, 2.05) is 0 Å². The van der Waals surface area contributed by atoms with Gasteiger partial charge in [0.25, 0.3) is 0 Å². The van der Waals surface area contributed by atoms with E-state index in [4.69, 9.17) is 36.2 Å². The number of rotatable bonds is 0. The third-order valence-electron chi connectivity index (χ3n) is 0.0680. The average Bonchev–Trinajstić information content (AvgIpc) is 1.97. The molecule has 0 radical (unpaired) electrons. The maximum atomic E-state index is 8.72. The van der Waals surface area contributed by atoms with E-state index in [1.165, 1.54) is 0 Å². The molecule has 0 aromatic rings. The summed E-state index contributed by atoms with van der Waals surface area (Å²) >= 11 is 0. The fourth-order valence-electron chi connectivity index (χ4n) is 0. The minimum absolute atomic E-state index is 0. The topological polar surface area (TPSA) is 153 Å². The second-order valence-corrected chi connectivity index (χ2v) is 0.333. The van der Waals surface area contributed by atoms with Gasteiger partial charge in [-0.25, -0.2) is 0 Å². The van der Waals surface area contributed by atoms with Gasteiger partial charge in [-0.2, -0.15) is 0 Å². The van der Waals surface area contributed by atoms with Gasteiger partial charge < -0.3 is 20.0 Å². The first-order valence-electron chi connectivity index (χ1n) is 1.18. The zero-order valence-electron chi connectivity index (χ0n) is 5.92. The van der Waals surface area contributed by atoms with E-state index in [0.717, 1.165) is 0 Å². The summed E-state index contributed by atoms with van der Waals surface area (Å²) in [5, 5.41) is 41.2. The Balaban J connectivity index is -0.0000000178. The second-order valence-electron chi connectivity index (χ2n) is 0.333. The summed E-state index contributed by atoms with van der Waals surface area (Å²) in [6, 6.07) is 0. The quantitative estimate of drug-likeness (QED) is 0.179. The van der Waals surface area contributed by atoms with Crippen molar-refractivity contribution in [2.24, 2.45) is 0 Å². The predicted octanol–water partition coefficient (Wildman–Crippen LogP) is -8.34. The molecule has 58 valence electrons. The maximum absolute atomic E-state index is 8.72. The number of carboxylic acid groups (broad SMARTS) is 1. The fourth-order valence-corrected chi connectivity index (χ4v) is 0. The van der Waals surface area contributed by atoms with Gasteiger partial charge in [0, 0.05) is 0 Å². The number of carbonyl (C=O) groups excluding carboxylic acids is 1. The molecule has 0 amide bonds. The van der Waals surface area contributed by atoms with Crippen LogP contribution in [0.3, 0.4) is 0 Å². The molecule has 0 unspecified atom stereocenters. The molecule has 0 aromatic heterocycles. The monoisotopic (exact) mass is 222 g/mol. The van der Waals surface area contributed by atoms with Crippen LogP contribution in [0.25, 0.3) is 0 Å². The molecular weight excluding hydrogens is 218 g/mol. The molecule has 0 saturated carbocycles. The predicted molar refractivity (Wildman–Crippen MR) is 17.0 cm³/mol. The van der Waals surface area contributed by atoms with Crippen LogP contribution in [0.4, 0.5) is 4.79 Å². The van der Waals surface area contributed by atoms with E-state index in [-0.39, 0.29) is 103 Å². The average molecular weight is 222 g/mol. The van der Waals surface area contributed by atoms with Crippen molar-refractivity contribution in [1.82, 2.24) is 0 Å². The van der Waals surface area contributed by atoms with Crippen molar-refractivity contribution in [3.05, 3.63) is 0 Å². The molecule has 0 bridgehead atoms. The van der Waals surface area contributed by atoms with Crippen molar-refractivity contribution in [3.63, 3.8) is 0 Å². The zero-order chi connectivity index (χ0) is 8.28. The molecule has 8 nitrogen and oxygen atoms in total. The summed E-state index contributed by atoms with van der Waals surface area (Å²) in [4.78, 5) is 11.0. The summed E-state index contributed by atoms with van der Waals surface area (Å²) in [5.41, 5.74) is 0. The van der Waals surface area contributed by atoms with Crippen LogP contribution in [-0.2, 0) is 4.89 Å². The van der Waals surface area contributed by atoms with Crippen molar-refractivity contribution in [2.45, 2.75) is 0 Å². The van der Waals surface area contributed by atoms with E-state index < -0.39 is 6.16 Å². The minimum Gasteiger partial charge on any atom is -0.755 e. The summed E-state index contributed by atoms with van der Waals surface area (Å²) in [6.07, 6.45) is -2.05. The Kier molecular flexibility index (Phi) is 105. The Bertz CT molecular complexity index is 47.4. The molecule has 4 N–H and O–H groups in total. The fraction of sp³-hybridized carbons (Fsp3) is 0. The van der Waals surface area contributed by atoms with Crippen LogP contribution >= 0.6 is 0 Å². The molecule has 0 aromatic carbocycles. The Morgan fingerprint density at radius 1 is 1.09 bits per heavy atom. The molecule has 0 fully saturated rings. The van der Waals surface area contributed by atoms with Gasteiger partial charge in [-0.05, 0) is 0 Å². The first kappa shape index (κ1) is 29.2. The van der Waals surface area contributed by atoms with E-state index in [1.54, 1.807) is 0 Å². The largest absolute Gasteiger partial charge is 1.00 e. The Morgan fingerprint density at radius 3 is 1.18 bits per heavy atom. The van der Waals surface area contributed by atoms with E-state index in [2.05, 4.69) is 4.89 Å². The third kappa shape index (κ3) is 70.0. The van der Waals surface area contributed by atoms with Crippen LogP contribution in [0.5, 0.6) is 0 Å². The van der Waals surface area contributed by atoms with Gasteiger partial charge in [0.2, 0.25) is 6.16 Å². The molecule has 11 heavy (non-hydrogen) atoms. The van der Waals surface area contributed by atoms with Crippen molar-refractivity contribution in [3.8, 4) is 0 Å². The molecule has 0 spiro atoms. The number of hydrogen-bond donors (Lipinski definition) is 4. The molecule has 0 atom stereocenters. The van der Waals surface area contributed by atoms with Gasteiger partial charge in [-0.15, -0.1) is 0 Å². The Hall–Kier alpha value is 2.34. The third-order valence-corrected chi connectivity index (χ3v) is 0.0680. The van der Waals surface area contributed by atoms with Crippen LogP contribution in [-0.4, -0.2) is 27.2 Å². The summed E-state index contributed by atoms with van der Waals surface area (Å²) in [6.45, 7) is 0. The molecule has 10 heteroatoms. The smallest absolute Gasteiger partial charge is 0.755 e. The number of hydrogen-bond acceptors (Lipinski definition) is 8.